The maximum atomic E-state index is 13.8. The fraction of sp³-hybridized carbons (Fsp3) is 0.226. The van der Waals surface area contributed by atoms with Crippen LogP contribution in [0, 0.1) is 6.92 Å². The van der Waals surface area contributed by atoms with E-state index in [0.717, 1.165) is 32.3 Å². The first kappa shape index (κ1) is 25.8. The molecule has 0 fully saturated rings. The fourth-order valence-corrected chi connectivity index (χ4v) is 5.09. The number of benzene rings is 3. The van der Waals surface area contributed by atoms with Crippen molar-refractivity contribution in [1.82, 2.24) is 4.90 Å². The molecule has 0 bridgehead atoms. The molecular formula is C31H28BrNO5. The minimum Gasteiger partial charge on any atom is -0.503 e. The molecule has 3 aromatic carbocycles. The van der Waals surface area contributed by atoms with Gasteiger partial charge in [-0.25, -0.2) is 0 Å². The van der Waals surface area contributed by atoms with Gasteiger partial charge in [-0.05, 0) is 75.2 Å². The van der Waals surface area contributed by atoms with Crippen LogP contribution in [0.2, 0.25) is 0 Å². The first-order valence-corrected chi connectivity index (χ1v) is 13.1. The summed E-state index contributed by atoms with van der Waals surface area (Å²) in [6, 6.07) is 21.4. The van der Waals surface area contributed by atoms with Crippen LogP contribution < -0.4 is 4.74 Å². The molecule has 1 N–H and O–H groups in total. The summed E-state index contributed by atoms with van der Waals surface area (Å²) in [5.41, 5.74) is 2.77. The number of carbonyl (C=O) groups is 2. The van der Waals surface area contributed by atoms with Gasteiger partial charge in [0.05, 0.1) is 11.6 Å². The zero-order valence-corrected chi connectivity index (χ0v) is 23.2. The van der Waals surface area contributed by atoms with E-state index in [1.54, 1.807) is 12.1 Å². The Labute approximate surface area is 229 Å². The number of ether oxygens (including phenoxy) is 1. The Morgan fingerprint density at radius 2 is 1.79 bits per heavy atom. The number of rotatable bonds is 6. The Morgan fingerprint density at radius 3 is 2.47 bits per heavy atom. The van der Waals surface area contributed by atoms with Crippen molar-refractivity contribution in [3.05, 3.63) is 111 Å². The second-order valence-corrected chi connectivity index (χ2v) is 11.4. The second-order valence-electron chi connectivity index (χ2n) is 10.5. The molecule has 2 heterocycles. The minimum absolute atomic E-state index is 0.00593. The van der Waals surface area contributed by atoms with Crippen LogP contribution in [0.3, 0.4) is 0 Å². The lowest BCUT2D eigenvalue weighted by atomic mass is 9.94. The number of hydrogen-bond donors (Lipinski definition) is 1. The van der Waals surface area contributed by atoms with Gasteiger partial charge in [-0.2, -0.15) is 0 Å². The molecule has 0 saturated heterocycles. The number of carbonyl (C=O) groups excluding carboxylic acids is 2. The second kappa shape index (κ2) is 9.80. The summed E-state index contributed by atoms with van der Waals surface area (Å²) in [7, 11) is 0. The predicted molar refractivity (Wildman–Crippen MR) is 149 cm³/mol. The molecule has 194 valence electrons. The fourth-order valence-electron chi connectivity index (χ4n) is 4.71. The van der Waals surface area contributed by atoms with E-state index in [-0.39, 0.29) is 23.5 Å². The van der Waals surface area contributed by atoms with Crippen LogP contribution in [0.4, 0.5) is 0 Å². The number of Topliss-reactive ketones (excluding diaryl/α,β-unsaturated/α-hetero) is 1. The third-order valence-electron chi connectivity index (χ3n) is 6.31. The topological polar surface area (TPSA) is 80.0 Å². The molecule has 1 atom stereocenters. The average molecular weight is 574 g/mol. The quantitative estimate of drug-likeness (QED) is 0.242. The number of nitrogens with zero attached hydrogens (tertiary/aromatic N) is 1. The lowest BCUT2D eigenvalue weighted by molar-refractivity contribution is -0.130. The van der Waals surface area contributed by atoms with Gasteiger partial charge in [-0.1, -0.05) is 57.9 Å². The highest BCUT2D eigenvalue weighted by atomic mass is 79.9. The third kappa shape index (κ3) is 5.11. The maximum absolute atomic E-state index is 13.8. The first-order chi connectivity index (χ1) is 18.0. The van der Waals surface area contributed by atoms with Gasteiger partial charge in [-0.3, -0.25) is 9.59 Å². The van der Waals surface area contributed by atoms with Crippen molar-refractivity contribution in [3.8, 4) is 5.75 Å². The zero-order valence-electron chi connectivity index (χ0n) is 21.6. The van der Waals surface area contributed by atoms with Crippen molar-refractivity contribution in [2.45, 2.75) is 45.9 Å². The van der Waals surface area contributed by atoms with Crippen molar-refractivity contribution in [3.63, 3.8) is 0 Å². The van der Waals surface area contributed by atoms with E-state index >= 15 is 0 Å². The van der Waals surface area contributed by atoms with Crippen LogP contribution in [-0.4, -0.2) is 27.3 Å². The largest absolute Gasteiger partial charge is 0.503 e. The van der Waals surface area contributed by atoms with Crippen LogP contribution in [0.25, 0.3) is 11.0 Å². The van der Waals surface area contributed by atoms with E-state index < -0.39 is 23.5 Å². The molecule has 0 aliphatic carbocycles. The molecule has 5 rings (SSSR count). The number of aliphatic hydroxyl groups excluding tert-OH is 1. The van der Waals surface area contributed by atoms with Crippen molar-refractivity contribution in [2.75, 3.05) is 0 Å². The zero-order chi connectivity index (χ0) is 27.2. The highest BCUT2D eigenvalue weighted by molar-refractivity contribution is 9.10. The number of aryl methyl sites for hydroxylation is 1. The van der Waals surface area contributed by atoms with Gasteiger partial charge in [0.2, 0.25) is 5.78 Å². The van der Waals surface area contributed by atoms with Crippen LogP contribution in [0.1, 0.15) is 54.1 Å². The Kier molecular flexibility index (Phi) is 6.65. The number of furan rings is 1. The predicted octanol–water partition coefficient (Wildman–Crippen LogP) is 7.46. The van der Waals surface area contributed by atoms with Gasteiger partial charge in [-0.15, -0.1) is 0 Å². The molecule has 38 heavy (non-hydrogen) atoms. The maximum Gasteiger partial charge on any atom is 0.290 e. The summed E-state index contributed by atoms with van der Waals surface area (Å²) < 4.78 is 12.6. The van der Waals surface area contributed by atoms with Gasteiger partial charge < -0.3 is 19.2 Å². The Bertz CT molecular complexity index is 1580. The summed E-state index contributed by atoms with van der Waals surface area (Å²) in [6.07, 6.45) is 0. The molecule has 1 aliphatic heterocycles. The average Bonchev–Trinajstić information content (AvgIpc) is 3.38. The lowest BCUT2D eigenvalue weighted by Crippen LogP contribution is -2.30. The Balaban J connectivity index is 1.52. The van der Waals surface area contributed by atoms with Crippen molar-refractivity contribution < 1.29 is 23.8 Å². The Hall–Kier alpha value is -3.84. The van der Waals surface area contributed by atoms with Crippen LogP contribution in [-0.2, 0) is 11.3 Å². The van der Waals surface area contributed by atoms with Gasteiger partial charge >= 0.3 is 0 Å². The lowest BCUT2D eigenvalue weighted by Gasteiger charge is -2.27. The molecule has 1 amide bonds. The number of halogens is 1. The number of ketones is 1. The van der Waals surface area contributed by atoms with Crippen LogP contribution in [0.5, 0.6) is 5.75 Å². The summed E-state index contributed by atoms with van der Waals surface area (Å²) in [4.78, 5) is 28.7. The number of fused-ring (bicyclic) bond motifs is 1. The van der Waals surface area contributed by atoms with Gasteiger partial charge in [0.15, 0.2) is 11.5 Å². The van der Waals surface area contributed by atoms with Crippen molar-refractivity contribution >= 4 is 38.6 Å². The van der Waals surface area contributed by atoms with Gasteiger partial charge in [0.1, 0.15) is 16.9 Å². The molecule has 1 aromatic heterocycles. The number of amides is 1. The van der Waals surface area contributed by atoms with Crippen LogP contribution >= 0.6 is 15.9 Å². The van der Waals surface area contributed by atoms with E-state index in [4.69, 9.17) is 9.15 Å². The highest BCUT2D eigenvalue weighted by Gasteiger charge is 2.44. The SMILES string of the molecule is Cc1cccc(C2C(C(=O)c3cc4cc(Br)ccc4o3)=C(O)C(=O)N2Cc2ccc(OC(C)(C)C)cc2)c1. The Morgan fingerprint density at radius 1 is 1.05 bits per heavy atom. The molecule has 4 aromatic rings. The van der Waals surface area contributed by atoms with Crippen molar-refractivity contribution in [2.24, 2.45) is 0 Å². The molecule has 1 aliphatic rings. The van der Waals surface area contributed by atoms with Crippen LogP contribution in [0.15, 0.2) is 93.0 Å². The third-order valence-corrected chi connectivity index (χ3v) is 6.80. The molecule has 0 saturated carbocycles. The number of aliphatic hydroxyl groups is 1. The standard InChI is InChI=1S/C31H28BrNO5/c1-18-6-5-7-20(14-18)27-26(28(34)25-16-21-15-22(32)10-13-24(21)37-25)29(35)30(36)33(27)17-19-8-11-23(12-9-19)38-31(2,3)4/h5-16,27,35H,17H2,1-4H3. The minimum atomic E-state index is -0.777. The van der Waals surface area contributed by atoms with E-state index in [2.05, 4.69) is 15.9 Å². The summed E-state index contributed by atoms with van der Waals surface area (Å²) in [6.45, 7) is 8.07. The molecule has 7 heteroatoms. The summed E-state index contributed by atoms with van der Waals surface area (Å²) in [5.74, 6) is -0.899. The smallest absolute Gasteiger partial charge is 0.290 e. The van der Waals surface area contributed by atoms with E-state index in [9.17, 15) is 14.7 Å². The van der Waals surface area contributed by atoms with E-state index in [1.807, 2.05) is 88.4 Å². The molecular weight excluding hydrogens is 546 g/mol. The molecule has 0 spiro atoms. The summed E-state index contributed by atoms with van der Waals surface area (Å²) in [5, 5.41) is 11.8. The van der Waals surface area contributed by atoms with E-state index in [1.165, 1.54) is 4.90 Å². The monoisotopic (exact) mass is 573 g/mol. The highest BCUT2D eigenvalue weighted by Crippen LogP contribution is 2.41. The van der Waals surface area contributed by atoms with Gasteiger partial charge in [0, 0.05) is 16.4 Å². The molecule has 1 unspecified atom stereocenters. The van der Waals surface area contributed by atoms with E-state index in [0.29, 0.717) is 5.58 Å². The molecule has 0 radical (unpaired) electrons. The molecule has 6 nitrogen and oxygen atoms in total. The van der Waals surface area contributed by atoms with Crippen molar-refractivity contribution in [1.29, 1.82) is 0 Å². The normalized spacial score (nSPS) is 16.0. The first-order valence-electron chi connectivity index (χ1n) is 12.3. The van der Waals surface area contributed by atoms with Gasteiger partial charge in [0.25, 0.3) is 5.91 Å². The number of hydrogen-bond acceptors (Lipinski definition) is 5. The summed E-state index contributed by atoms with van der Waals surface area (Å²) >= 11 is 3.43.